The van der Waals surface area contributed by atoms with Gasteiger partial charge in [0.15, 0.2) is 0 Å². The first-order valence-electron chi connectivity index (χ1n) is 9.00. The highest BCUT2D eigenvalue weighted by Crippen LogP contribution is 2.22. The van der Waals surface area contributed by atoms with Crippen LogP contribution in [0.2, 0.25) is 0 Å². The first kappa shape index (κ1) is 18.8. The van der Waals surface area contributed by atoms with Crippen molar-refractivity contribution in [2.45, 2.75) is 0 Å². The summed E-state index contributed by atoms with van der Waals surface area (Å²) in [4.78, 5) is 12.3. The zero-order valence-electron chi connectivity index (χ0n) is 15.4. The Kier molecular flexibility index (Phi) is 5.63. The number of carbonyl (C=O) groups is 1. The summed E-state index contributed by atoms with van der Waals surface area (Å²) < 4.78 is 2.72. The van der Waals surface area contributed by atoms with Crippen molar-refractivity contribution in [1.29, 1.82) is 0 Å². The monoisotopic (exact) mass is 444 g/mol. The molecule has 0 aliphatic heterocycles. The number of halogens is 1. The third-order valence-electron chi connectivity index (χ3n) is 4.29. The summed E-state index contributed by atoms with van der Waals surface area (Å²) >= 11 is 3.36. The number of carbonyl (C=O) groups excluding carboxylic acids is 1. The Labute approximate surface area is 176 Å². The van der Waals surface area contributed by atoms with Crippen molar-refractivity contribution in [1.82, 2.24) is 15.2 Å². The van der Waals surface area contributed by atoms with Crippen LogP contribution < -0.4 is 5.43 Å². The molecule has 0 fully saturated rings. The van der Waals surface area contributed by atoms with E-state index in [1.54, 1.807) is 23.0 Å². The highest BCUT2D eigenvalue weighted by Gasteiger charge is 2.11. The Morgan fingerprint density at radius 2 is 1.59 bits per heavy atom. The molecule has 0 saturated carbocycles. The number of amides is 1. The number of nitrogens with one attached hydrogen (secondary N) is 1. The maximum absolute atomic E-state index is 12.3. The van der Waals surface area contributed by atoms with Crippen LogP contribution in [0.25, 0.3) is 16.9 Å². The minimum absolute atomic E-state index is 0.273. The van der Waals surface area contributed by atoms with E-state index in [0.717, 1.165) is 27.0 Å². The minimum atomic E-state index is -0.273. The van der Waals surface area contributed by atoms with Crippen LogP contribution in [0.5, 0.6) is 0 Å². The topological polar surface area (TPSA) is 59.3 Å². The number of hydrogen-bond donors (Lipinski definition) is 1. The molecule has 4 rings (SSSR count). The molecule has 0 atom stereocenters. The van der Waals surface area contributed by atoms with Gasteiger partial charge in [-0.25, -0.2) is 10.1 Å². The van der Waals surface area contributed by atoms with Gasteiger partial charge in [-0.3, -0.25) is 4.79 Å². The molecule has 1 heterocycles. The number of para-hydroxylation sites is 1. The summed E-state index contributed by atoms with van der Waals surface area (Å²) in [5, 5.41) is 8.87. The first-order valence-corrected chi connectivity index (χ1v) is 9.79. The standard InChI is InChI=1S/C23H17BrN4O/c24-20-13-11-18(12-14-20)23(29)26-25-15-19-16-28(21-9-5-2-6-10-21)27-22(19)17-7-3-1-4-8-17/h1-16H,(H,26,29)/b25-15-. The minimum Gasteiger partial charge on any atom is -0.267 e. The van der Waals surface area contributed by atoms with E-state index in [2.05, 4.69) is 26.5 Å². The molecule has 0 bridgehead atoms. The lowest BCUT2D eigenvalue weighted by atomic mass is 10.1. The molecule has 0 radical (unpaired) electrons. The van der Waals surface area contributed by atoms with E-state index >= 15 is 0 Å². The van der Waals surface area contributed by atoms with E-state index in [4.69, 9.17) is 5.10 Å². The maximum Gasteiger partial charge on any atom is 0.271 e. The van der Waals surface area contributed by atoms with Crippen LogP contribution in [0.4, 0.5) is 0 Å². The molecule has 5 nitrogen and oxygen atoms in total. The van der Waals surface area contributed by atoms with Crippen LogP contribution in [0.1, 0.15) is 15.9 Å². The number of nitrogens with zero attached hydrogens (tertiary/aromatic N) is 3. The average Bonchev–Trinajstić information content (AvgIpc) is 3.19. The van der Waals surface area contributed by atoms with Crippen molar-refractivity contribution in [2.24, 2.45) is 5.10 Å². The zero-order chi connectivity index (χ0) is 20.1. The summed E-state index contributed by atoms with van der Waals surface area (Å²) in [7, 11) is 0. The zero-order valence-corrected chi connectivity index (χ0v) is 17.0. The summed E-state index contributed by atoms with van der Waals surface area (Å²) in [6, 6.07) is 26.8. The number of rotatable bonds is 5. The van der Waals surface area contributed by atoms with E-state index in [1.807, 2.05) is 79.0 Å². The fraction of sp³-hybridized carbons (Fsp3) is 0. The largest absolute Gasteiger partial charge is 0.271 e. The predicted octanol–water partition coefficient (Wildman–Crippen LogP) is 5.07. The summed E-state index contributed by atoms with van der Waals surface area (Å²) in [5.74, 6) is -0.273. The van der Waals surface area contributed by atoms with Crippen LogP contribution in [0, 0.1) is 0 Å². The van der Waals surface area contributed by atoms with Crippen LogP contribution in [0.3, 0.4) is 0 Å². The lowest BCUT2D eigenvalue weighted by molar-refractivity contribution is 0.0955. The second kappa shape index (κ2) is 8.67. The molecule has 1 N–H and O–H groups in total. The molecule has 3 aromatic carbocycles. The highest BCUT2D eigenvalue weighted by molar-refractivity contribution is 9.10. The third-order valence-corrected chi connectivity index (χ3v) is 4.82. The molecule has 1 aromatic heterocycles. The van der Waals surface area contributed by atoms with Gasteiger partial charge < -0.3 is 0 Å². The Morgan fingerprint density at radius 1 is 0.931 bits per heavy atom. The van der Waals surface area contributed by atoms with Gasteiger partial charge in [0.05, 0.1) is 11.9 Å². The molecule has 1 amide bonds. The molecule has 0 saturated heterocycles. The molecule has 6 heteroatoms. The van der Waals surface area contributed by atoms with Gasteiger partial charge in [0.2, 0.25) is 0 Å². The predicted molar refractivity (Wildman–Crippen MR) is 118 cm³/mol. The SMILES string of the molecule is O=C(N/N=C\c1cn(-c2ccccc2)nc1-c1ccccc1)c1ccc(Br)cc1. The number of aromatic nitrogens is 2. The summed E-state index contributed by atoms with van der Waals surface area (Å²) in [6.07, 6.45) is 3.51. The molecular weight excluding hydrogens is 428 g/mol. The van der Waals surface area contributed by atoms with Crippen LogP contribution in [-0.4, -0.2) is 21.9 Å². The Balaban J connectivity index is 1.61. The molecule has 0 aliphatic carbocycles. The maximum atomic E-state index is 12.3. The first-order chi connectivity index (χ1) is 14.2. The molecule has 0 spiro atoms. The molecule has 0 unspecified atom stereocenters. The van der Waals surface area contributed by atoms with Crippen molar-refractivity contribution in [2.75, 3.05) is 0 Å². The van der Waals surface area contributed by atoms with Crippen molar-refractivity contribution in [3.05, 3.63) is 107 Å². The van der Waals surface area contributed by atoms with Gasteiger partial charge in [0.1, 0.15) is 5.69 Å². The fourth-order valence-corrected chi connectivity index (χ4v) is 3.11. The van der Waals surface area contributed by atoms with Crippen LogP contribution >= 0.6 is 15.9 Å². The van der Waals surface area contributed by atoms with Gasteiger partial charge in [0.25, 0.3) is 5.91 Å². The average molecular weight is 445 g/mol. The molecule has 142 valence electrons. The highest BCUT2D eigenvalue weighted by atomic mass is 79.9. The van der Waals surface area contributed by atoms with Crippen LogP contribution in [0.15, 0.2) is 101 Å². The van der Waals surface area contributed by atoms with Crippen molar-refractivity contribution < 1.29 is 4.79 Å². The van der Waals surface area contributed by atoms with E-state index in [1.165, 1.54) is 0 Å². The molecule has 4 aromatic rings. The molecular formula is C23H17BrN4O. The van der Waals surface area contributed by atoms with Gasteiger partial charge in [0, 0.05) is 27.4 Å². The van der Waals surface area contributed by atoms with Gasteiger partial charge in [-0.2, -0.15) is 10.2 Å². The Hall–Kier alpha value is -3.51. The summed E-state index contributed by atoms with van der Waals surface area (Å²) in [6.45, 7) is 0. The van der Waals surface area contributed by atoms with Gasteiger partial charge >= 0.3 is 0 Å². The number of hydrazone groups is 1. The van der Waals surface area contributed by atoms with E-state index in [9.17, 15) is 4.79 Å². The van der Waals surface area contributed by atoms with Gasteiger partial charge in [-0.1, -0.05) is 64.5 Å². The van der Waals surface area contributed by atoms with E-state index in [0.29, 0.717) is 5.56 Å². The van der Waals surface area contributed by atoms with E-state index < -0.39 is 0 Å². The number of hydrogen-bond acceptors (Lipinski definition) is 3. The smallest absolute Gasteiger partial charge is 0.267 e. The van der Waals surface area contributed by atoms with Gasteiger partial charge in [-0.05, 0) is 36.4 Å². The van der Waals surface area contributed by atoms with E-state index in [-0.39, 0.29) is 5.91 Å². The quantitative estimate of drug-likeness (QED) is 0.345. The molecule has 29 heavy (non-hydrogen) atoms. The van der Waals surface area contributed by atoms with Crippen LogP contribution in [-0.2, 0) is 0 Å². The lowest BCUT2D eigenvalue weighted by Gasteiger charge is -2.00. The van der Waals surface area contributed by atoms with Crippen molar-refractivity contribution >= 4 is 28.1 Å². The van der Waals surface area contributed by atoms with Gasteiger partial charge in [-0.15, -0.1) is 0 Å². The number of benzene rings is 3. The second-order valence-electron chi connectivity index (χ2n) is 6.29. The van der Waals surface area contributed by atoms with Crippen molar-refractivity contribution in [3.8, 4) is 16.9 Å². The molecule has 0 aliphatic rings. The third kappa shape index (κ3) is 4.50. The normalized spacial score (nSPS) is 10.9. The lowest BCUT2D eigenvalue weighted by Crippen LogP contribution is -2.17. The summed E-state index contributed by atoms with van der Waals surface area (Å²) in [5.41, 5.74) is 6.62. The fourth-order valence-electron chi connectivity index (χ4n) is 2.84. The van der Waals surface area contributed by atoms with Crippen molar-refractivity contribution in [3.63, 3.8) is 0 Å². The Bertz CT molecular complexity index is 1140. The Morgan fingerprint density at radius 3 is 2.28 bits per heavy atom. The second-order valence-corrected chi connectivity index (χ2v) is 7.20.